The largest absolute Gasteiger partial charge is 0.383 e. The molecule has 2 aromatic heterocycles. The summed E-state index contributed by atoms with van der Waals surface area (Å²) in [5.74, 6) is 0.816. The Morgan fingerprint density at radius 1 is 1.40 bits per heavy atom. The van der Waals surface area contributed by atoms with E-state index in [2.05, 4.69) is 25.8 Å². The molecule has 132 valence electrons. The molecule has 2 heterocycles. The van der Waals surface area contributed by atoms with E-state index in [-0.39, 0.29) is 6.03 Å². The third-order valence-corrected chi connectivity index (χ3v) is 4.57. The van der Waals surface area contributed by atoms with Gasteiger partial charge >= 0.3 is 6.03 Å². The summed E-state index contributed by atoms with van der Waals surface area (Å²) in [6.07, 6.45) is 2.26. The number of carbonyl (C=O) groups excluding carboxylic acids is 1. The molecule has 0 fully saturated rings. The molecule has 2 amide bonds. The lowest BCUT2D eigenvalue weighted by atomic mass is 10.3. The van der Waals surface area contributed by atoms with Crippen molar-refractivity contribution in [2.75, 3.05) is 25.6 Å². The molecule has 9 heteroatoms. The summed E-state index contributed by atoms with van der Waals surface area (Å²) in [5, 5.41) is 14.6. The number of benzene rings is 1. The van der Waals surface area contributed by atoms with Gasteiger partial charge in [0.25, 0.3) is 0 Å². The molecule has 25 heavy (non-hydrogen) atoms. The van der Waals surface area contributed by atoms with Crippen LogP contribution in [0.25, 0.3) is 10.2 Å². The molecule has 0 aliphatic rings. The molecular weight excluding hydrogens is 340 g/mol. The lowest BCUT2D eigenvalue weighted by Crippen LogP contribution is -2.31. The molecule has 0 aliphatic carbocycles. The molecule has 0 saturated carbocycles. The van der Waals surface area contributed by atoms with Gasteiger partial charge in [0.05, 0.1) is 21.8 Å². The molecule has 3 aromatic rings. The SMILES string of the molecule is COCCn1cnnc1CCNC(=O)Nc1ccc2sc(C)nc2c1. The second kappa shape index (κ2) is 8.04. The number of anilines is 1. The van der Waals surface area contributed by atoms with Gasteiger partial charge in [0.2, 0.25) is 0 Å². The van der Waals surface area contributed by atoms with Gasteiger partial charge in [0, 0.05) is 32.3 Å². The number of rotatable bonds is 7. The summed E-state index contributed by atoms with van der Waals surface area (Å²) in [6.45, 7) is 3.72. The number of aryl methyl sites for hydroxylation is 1. The summed E-state index contributed by atoms with van der Waals surface area (Å²) >= 11 is 1.64. The first-order valence-corrected chi connectivity index (χ1v) is 8.75. The van der Waals surface area contributed by atoms with Crippen LogP contribution in [-0.4, -0.2) is 46.0 Å². The van der Waals surface area contributed by atoms with Crippen molar-refractivity contribution in [2.45, 2.75) is 19.9 Å². The van der Waals surface area contributed by atoms with E-state index >= 15 is 0 Å². The number of thiazole rings is 1. The van der Waals surface area contributed by atoms with Gasteiger partial charge in [0.15, 0.2) is 0 Å². The predicted molar refractivity (Wildman–Crippen MR) is 97.0 cm³/mol. The smallest absolute Gasteiger partial charge is 0.319 e. The van der Waals surface area contributed by atoms with E-state index in [1.165, 1.54) is 0 Å². The molecule has 0 aliphatic heterocycles. The first-order valence-electron chi connectivity index (χ1n) is 7.93. The monoisotopic (exact) mass is 360 g/mol. The first kappa shape index (κ1) is 17.3. The van der Waals surface area contributed by atoms with Gasteiger partial charge < -0.3 is 19.9 Å². The number of aromatic nitrogens is 4. The minimum atomic E-state index is -0.255. The van der Waals surface area contributed by atoms with Crippen LogP contribution in [0.3, 0.4) is 0 Å². The van der Waals surface area contributed by atoms with Crippen molar-refractivity contribution < 1.29 is 9.53 Å². The Morgan fingerprint density at radius 2 is 2.28 bits per heavy atom. The molecule has 0 atom stereocenters. The highest BCUT2D eigenvalue weighted by molar-refractivity contribution is 7.18. The minimum Gasteiger partial charge on any atom is -0.383 e. The lowest BCUT2D eigenvalue weighted by molar-refractivity contribution is 0.186. The fourth-order valence-electron chi connectivity index (χ4n) is 2.43. The van der Waals surface area contributed by atoms with Gasteiger partial charge in [-0.3, -0.25) is 0 Å². The minimum absolute atomic E-state index is 0.255. The number of fused-ring (bicyclic) bond motifs is 1. The number of ether oxygens (including phenoxy) is 1. The molecule has 2 N–H and O–H groups in total. The predicted octanol–water partition coefficient (Wildman–Crippen LogP) is 2.21. The van der Waals surface area contributed by atoms with Crippen molar-refractivity contribution in [2.24, 2.45) is 0 Å². The van der Waals surface area contributed by atoms with E-state index in [0.717, 1.165) is 26.7 Å². The van der Waals surface area contributed by atoms with Crippen LogP contribution in [0, 0.1) is 6.92 Å². The molecule has 8 nitrogen and oxygen atoms in total. The topological polar surface area (TPSA) is 94.0 Å². The highest BCUT2D eigenvalue weighted by atomic mass is 32.1. The average Bonchev–Trinajstić information content (AvgIpc) is 3.17. The lowest BCUT2D eigenvalue weighted by Gasteiger charge is -2.08. The van der Waals surface area contributed by atoms with Crippen LogP contribution in [0.2, 0.25) is 0 Å². The van der Waals surface area contributed by atoms with E-state index in [1.54, 1.807) is 24.8 Å². The summed E-state index contributed by atoms with van der Waals surface area (Å²) in [7, 11) is 1.65. The van der Waals surface area contributed by atoms with E-state index in [1.807, 2.05) is 29.7 Å². The second-order valence-corrected chi connectivity index (χ2v) is 6.71. The number of hydrogen-bond acceptors (Lipinski definition) is 6. The molecule has 0 bridgehead atoms. The van der Waals surface area contributed by atoms with Crippen LogP contribution in [-0.2, 0) is 17.7 Å². The number of nitrogens with zero attached hydrogens (tertiary/aromatic N) is 4. The fourth-order valence-corrected chi connectivity index (χ4v) is 3.24. The van der Waals surface area contributed by atoms with Crippen molar-refractivity contribution in [1.29, 1.82) is 0 Å². The Labute approximate surface area is 149 Å². The maximum atomic E-state index is 12.0. The van der Waals surface area contributed by atoms with E-state index in [4.69, 9.17) is 4.74 Å². The zero-order valence-corrected chi connectivity index (χ0v) is 15.0. The van der Waals surface area contributed by atoms with Gasteiger partial charge in [-0.05, 0) is 25.1 Å². The van der Waals surface area contributed by atoms with Gasteiger partial charge in [-0.25, -0.2) is 9.78 Å². The van der Waals surface area contributed by atoms with Crippen molar-refractivity contribution in [3.05, 3.63) is 35.4 Å². The standard InChI is InChI=1S/C16H20N6O2S/c1-11-19-13-9-12(3-4-14(13)25-11)20-16(23)17-6-5-15-21-18-10-22(15)7-8-24-2/h3-4,9-10H,5-8H2,1-2H3,(H2,17,20,23). The number of nitrogens with one attached hydrogen (secondary N) is 2. The summed E-state index contributed by atoms with van der Waals surface area (Å²) in [4.78, 5) is 16.5. The molecule has 3 rings (SSSR count). The van der Waals surface area contributed by atoms with E-state index < -0.39 is 0 Å². The second-order valence-electron chi connectivity index (χ2n) is 5.48. The Kier molecular flexibility index (Phi) is 5.56. The number of methoxy groups -OCH3 is 1. The average molecular weight is 360 g/mol. The molecule has 0 saturated heterocycles. The number of carbonyl (C=O) groups is 1. The Morgan fingerprint density at radius 3 is 3.12 bits per heavy atom. The molecule has 0 spiro atoms. The van der Waals surface area contributed by atoms with E-state index in [0.29, 0.717) is 26.1 Å². The van der Waals surface area contributed by atoms with Gasteiger partial charge in [-0.1, -0.05) is 0 Å². The molecule has 1 aromatic carbocycles. The fraction of sp³-hybridized carbons (Fsp3) is 0.375. The molecule has 0 unspecified atom stereocenters. The third-order valence-electron chi connectivity index (χ3n) is 3.62. The number of amides is 2. The van der Waals surface area contributed by atoms with Gasteiger partial charge in [-0.2, -0.15) is 0 Å². The van der Waals surface area contributed by atoms with Gasteiger partial charge in [0.1, 0.15) is 12.2 Å². The molecule has 0 radical (unpaired) electrons. The van der Waals surface area contributed by atoms with Crippen LogP contribution in [0.15, 0.2) is 24.5 Å². The Bertz CT molecular complexity index is 859. The zero-order chi connectivity index (χ0) is 17.6. The summed E-state index contributed by atoms with van der Waals surface area (Å²) in [5.41, 5.74) is 1.62. The quantitative estimate of drug-likeness (QED) is 0.674. The molecular formula is C16H20N6O2S. The Balaban J connectivity index is 1.50. The maximum Gasteiger partial charge on any atom is 0.319 e. The number of urea groups is 1. The van der Waals surface area contributed by atoms with Crippen molar-refractivity contribution >= 4 is 33.3 Å². The Hall–Kier alpha value is -2.52. The first-order chi connectivity index (χ1) is 12.2. The summed E-state index contributed by atoms with van der Waals surface area (Å²) in [6, 6.07) is 5.46. The van der Waals surface area contributed by atoms with Crippen molar-refractivity contribution in [3.8, 4) is 0 Å². The summed E-state index contributed by atoms with van der Waals surface area (Å²) < 4.78 is 8.08. The highest BCUT2D eigenvalue weighted by Gasteiger charge is 2.07. The van der Waals surface area contributed by atoms with Crippen LogP contribution < -0.4 is 10.6 Å². The van der Waals surface area contributed by atoms with Crippen LogP contribution in [0.5, 0.6) is 0 Å². The van der Waals surface area contributed by atoms with E-state index in [9.17, 15) is 4.79 Å². The van der Waals surface area contributed by atoms with Crippen LogP contribution in [0.1, 0.15) is 10.8 Å². The van der Waals surface area contributed by atoms with Crippen LogP contribution in [0.4, 0.5) is 10.5 Å². The van der Waals surface area contributed by atoms with Crippen molar-refractivity contribution in [3.63, 3.8) is 0 Å². The van der Waals surface area contributed by atoms with Gasteiger partial charge in [-0.15, -0.1) is 21.5 Å². The normalized spacial score (nSPS) is 11.0. The zero-order valence-electron chi connectivity index (χ0n) is 14.2. The number of hydrogen-bond donors (Lipinski definition) is 2. The van der Waals surface area contributed by atoms with Crippen LogP contribution >= 0.6 is 11.3 Å². The maximum absolute atomic E-state index is 12.0. The highest BCUT2D eigenvalue weighted by Crippen LogP contribution is 2.24. The third kappa shape index (κ3) is 4.52. The van der Waals surface area contributed by atoms with Crippen molar-refractivity contribution in [1.82, 2.24) is 25.1 Å².